The Hall–Kier alpha value is -2.13. The van der Waals surface area contributed by atoms with Gasteiger partial charge in [0.15, 0.2) is 6.61 Å². The third kappa shape index (κ3) is 6.02. The summed E-state index contributed by atoms with van der Waals surface area (Å²) in [6, 6.07) is 6.80. The van der Waals surface area contributed by atoms with Crippen molar-refractivity contribution >= 4 is 21.9 Å². The van der Waals surface area contributed by atoms with Gasteiger partial charge in [0.05, 0.1) is 12.2 Å². The van der Waals surface area contributed by atoms with E-state index in [0.29, 0.717) is 25.1 Å². The van der Waals surface area contributed by atoms with Gasteiger partial charge in [0, 0.05) is 19.6 Å². The Morgan fingerprint density at radius 2 is 2.16 bits per heavy atom. The number of carbonyl (C=O) groups excluding carboxylic acids is 1. The molecule has 1 fully saturated rings. The molecular weight excluding hydrogens is 348 g/mol. The SMILES string of the molecule is CS(=O)(=O)N1CCC[C@H](C(=O)NCc2cccc(OCC(=O)O)c2)C1. The fourth-order valence-electron chi connectivity index (χ4n) is 2.68. The third-order valence-corrected chi connectivity index (χ3v) is 5.22. The van der Waals surface area contributed by atoms with E-state index in [-0.39, 0.29) is 24.9 Å². The Bertz CT molecular complexity index is 734. The van der Waals surface area contributed by atoms with Crippen LogP contribution in [0.3, 0.4) is 0 Å². The Morgan fingerprint density at radius 1 is 1.40 bits per heavy atom. The van der Waals surface area contributed by atoms with E-state index in [9.17, 15) is 18.0 Å². The summed E-state index contributed by atoms with van der Waals surface area (Å²) in [4.78, 5) is 22.8. The molecule has 8 nitrogen and oxygen atoms in total. The number of hydrogen-bond donors (Lipinski definition) is 2. The fraction of sp³-hybridized carbons (Fsp3) is 0.500. The first-order valence-electron chi connectivity index (χ1n) is 7.92. The zero-order chi connectivity index (χ0) is 18.4. The summed E-state index contributed by atoms with van der Waals surface area (Å²) in [6.45, 7) is 0.482. The summed E-state index contributed by atoms with van der Waals surface area (Å²) < 4.78 is 29.7. The minimum absolute atomic E-state index is 0.190. The lowest BCUT2D eigenvalue weighted by Crippen LogP contribution is -2.44. The van der Waals surface area contributed by atoms with Gasteiger partial charge in [0.1, 0.15) is 5.75 Å². The van der Waals surface area contributed by atoms with E-state index in [4.69, 9.17) is 9.84 Å². The average Bonchev–Trinajstić information content (AvgIpc) is 2.57. The number of ether oxygens (including phenoxy) is 1. The van der Waals surface area contributed by atoms with E-state index >= 15 is 0 Å². The highest BCUT2D eigenvalue weighted by Crippen LogP contribution is 2.19. The van der Waals surface area contributed by atoms with Gasteiger partial charge >= 0.3 is 5.97 Å². The lowest BCUT2D eigenvalue weighted by molar-refractivity contribution is -0.139. The summed E-state index contributed by atoms with van der Waals surface area (Å²) in [5.41, 5.74) is 0.770. The molecule has 0 radical (unpaired) electrons. The van der Waals surface area contributed by atoms with Crippen LogP contribution in [0.15, 0.2) is 24.3 Å². The maximum absolute atomic E-state index is 12.3. The van der Waals surface area contributed by atoms with E-state index in [1.807, 2.05) is 0 Å². The van der Waals surface area contributed by atoms with Gasteiger partial charge in [-0.3, -0.25) is 4.79 Å². The lowest BCUT2D eigenvalue weighted by atomic mass is 9.99. The number of hydrogen-bond acceptors (Lipinski definition) is 5. The van der Waals surface area contributed by atoms with E-state index in [1.54, 1.807) is 24.3 Å². The van der Waals surface area contributed by atoms with Gasteiger partial charge in [0.2, 0.25) is 15.9 Å². The van der Waals surface area contributed by atoms with Crippen molar-refractivity contribution in [1.82, 2.24) is 9.62 Å². The van der Waals surface area contributed by atoms with Crippen LogP contribution in [0.25, 0.3) is 0 Å². The van der Waals surface area contributed by atoms with Crippen molar-refractivity contribution < 1.29 is 27.9 Å². The second kappa shape index (κ2) is 8.30. The predicted molar refractivity (Wildman–Crippen MR) is 90.6 cm³/mol. The molecule has 2 rings (SSSR count). The van der Waals surface area contributed by atoms with Crippen LogP contribution in [0.4, 0.5) is 0 Å². The average molecular weight is 370 g/mol. The fourth-order valence-corrected chi connectivity index (χ4v) is 3.59. The summed E-state index contributed by atoms with van der Waals surface area (Å²) in [5.74, 6) is -1.21. The van der Waals surface area contributed by atoms with E-state index in [1.165, 1.54) is 4.31 Å². The molecule has 1 aliphatic rings. The first-order valence-corrected chi connectivity index (χ1v) is 9.77. The first kappa shape index (κ1) is 19.2. The molecule has 9 heteroatoms. The quantitative estimate of drug-likeness (QED) is 0.720. The van der Waals surface area contributed by atoms with Crippen LogP contribution in [0.2, 0.25) is 0 Å². The van der Waals surface area contributed by atoms with E-state index < -0.39 is 22.6 Å². The highest BCUT2D eigenvalue weighted by molar-refractivity contribution is 7.88. The van der Waals surface area contributed by atoms with Gasteiger partial charge in [-0.25, -0.2) is 17.5 Å². The monoisotopic (exact) mass is 370 g/mol. The number of carboxylic acids is 1. The van der Waals surface area contributed by atoms with Crippen molar-refractivity contribution in [2.45, 2.75) is 19.4 Å². The summed E-state index contributed by atoms with van der Waals surface area (Å²) in [5, 5.41) is 11.4. The van der Waals surface area contributed by atoms with Gasteiger partial charge < -0.3 is 15.2 Å². The highest BCUT2D eigenvalue weighted by Gasteiger charge is 2.29. The van der Waals surface area contributed by atoms with Gasteiger partial charge in [0.25, 0.3) is 0 Å². The maximum atomic E-state index is 12.3. The number of benzene rings is 1. The normalized spacial score (nSPS) is 18.5. The van der Waals surface area contributed by atoms with Crippen LogP contribution in [0, 0.1) is 5.92 Å². The van der Waals surface area contributed by atoms with E-state index in [2.05, 4.69) is 5.32 Å². The molecule has 1 saturated heterocycles. The molecule has 1 amide bonds. The molecule has 1 aliphatic heterocycles. The number of nitrogens with zero attached hydrogens (tertiary/aromatic N) is 1. The highest BCUT2D eigenvalue weighted by atomic mass is 32.2. The van der Waals surface area contributed by atoms with Gasteiger partial charge in [-0.1, -0.05) is 12.1 Å². The predicted octanol–water partition coefficient (Wildman–Crippen LogP) is 0.438. The molecule has 1 aromatic rings. The molecule has 0 spiro atoms. The van der Waals surface area contributed by atoms with Crippen molar-refractivity contribution in [3.63, 3.8) is 0 Å². The molecule has 0 saturated carbocycles. The van der Waals surface area contributed by atoms with Crippen molar-refractivity contribution in [2.75, 3.05) is 26.0 Å². The van der Waals surface area contributed by atoms with Crippen LogP contribution < -0.4 is 10.1 Å². The number of sulfonamides is 1. The Balaban J connectivity index is 1.89. The van der Waals surface area contributed by atoms with Gasteiger partial charge in [-0.2, -0.15) is 0 Å². The molecule has 0 aliphatic carbocycles. The van der Waals surface area contributed by atoms with Crippen molar-refractivity contribution in [1.29, 1.82) is 0 Å². The summed E-state index contributed by atoms with van der Waals surface area (Å²) in [7, 11) is -3.29. The second-order valence-corrected chi connectivity index (χ2v) is 7.99. The lowest BCUT2D eigenvalue weighted by Gasteiger charge is -2.30. The Kier molecular flexibility index (Phi) is 6.38. The zero-order valence-electron chi connectivity index (χ0n) is 14.0. The minimum Gasteiger partial charge on any atom is -0.482 e. The smallest absolute Gasteiger partial charge is 0.341 e. The van der Waals surface area contributed by atoms with Gasteiger partial charge in [-0.05, 0) is 30.5 Å². The van der Waals surface area contributed by atoms with Crippen LogP contribution in [-0.2, 0) is 26.2 Å². The van der Waals surface area contributed by atoms with Crippen molar-refractivity contribution in [2.24, 2.45) is 5.92 Å². The molecule has 0 aromatic heterocycles. The zero-order valence-corrected chi connectivity index (χ0v) is 14.8. The Labute approximate surface area is 146 Å². The molecule has 25 heavy (non-hydrogen) atoms. The third-order valence-electron chi connectivity index (χ3n) is 3.95. The number of carboxylic acid groups (broad SMARTS) is 1. The number of rotatable bonds is 7. The van der Waals surface area contributed by atoms with Crippen molar-refractivity contribution in [3.05, 3.63) is 29.8 Å². The number of carbonyl (C=O) groups is 2. The molecule has 2 N–H and O–H groups in total. The van der Waals surface area contributed by atoms with E-state index in [0.717, 1.165) is 11.8 Å². The molecule has 1 atom stereocenters. The summed E-state index contributed by atoms with van der Waals surface area (Å²) in [6.07, 6.45) is 2.46. The molecular formula is C16H22N2O6S. The topological polar surface area (TPSA) is 113 Å². The maximum Gasteiger partial charge on any atom is 0.341 e. The standard InChI is InChI=1S/C16H22N2O6S/c1-25(22,23)18-7-3-5-13(10-18)16(21)17-9-12-4-2-6-14(8-12)24-11-15(19)20/h2,4,6,8,13H,3,5,7,9-11H2,1H3,(H,17,21)(H,19,20)/t13-/m0/s1. The van der Waals surface area contributed by atoms with Crippen molar-refractivity contribution in [3.8, 4) is 5.75 Å². The second-order valence-electron chi connectivity index (χ2n) is 6.01. The number of amides is 1. The first-order chi connectivity index (χ1) is 11.8. The van der Waals surface area contributed by atoms with Crippen LogP contribution in [0.5, 0.6) is 5.75 Å². The number of aliphatic carboxylic acids is 1. The Morgan fingerprint density at radius 3 is 2.84 bits per heavy atom. The summed E-state index contributed by atoms with van der Waals surface area (Å²) >= 11 is 0. The molecule has 0 bridgehead atoms. The van der Waals surface area contributed by atoms with Crippen LogP contribution in [0.1, 0.15) is 18.4 Å². The number of piperidine rings is 1. The number of nitrogens with one attached hydrogen (secondary N) is 1. The van der Waals surface area contributed by atoms with Gasteiger partial charge in [-0.15, -0.1) is 0 Å². The molecule has 1 aromatic carbocycles. The van der Waals surface area contributed by atoms with Crippen LogP contribution >= 0.6 is 0 Å². The minimum atomic E-state index is -3.29. The largest absolute Gasteiger partial charge is 0.482 e. The van der Waals surface area contributed by atoms with Crippen LogP contribution in [-0.4, -0.2) is 55.7 Å². The molecule has 138 valence electrons. The molecule has 0 unspecified atom stereocenters. The molecule has 1 heterocycles.